The van der Waals surface area contributed by atoms with E-state index in [0.29, 0.717) is 11.7 Å². The Kier molecular flexibility index (Phi) is 3.53. The van der Waals surface area contributed by atoms with Crippen LogP contribution in [0.4, 0.5) is 10.8 Å². The summed E-state index contributed by atoms with van der Waals surface area (Å²) in [5.74, 6) is 1.12. The van der Waals surface area contributed by atoms with Crippen LogP contribution in [0.1, 0.15) is 25.5 Å². The molecule has 0 aliphatic heterocycles. The Hall–Kier alpha value is -2.74. The minimum atomic E-state index is 0.407. The quantitative estimate of drug-likeness (QED) is 0.616. The molecule has 0 aliphatic rings. The van der Waals surface area contributed by atoms with Crippen molar-refractivity contribution in [3.63, 3.8) is 0 Å². The number of hydrogen-bond acceptors (Lipinski definition) is 6. The molecule has 8 heteroatoms. The van der Waals surface area contributed by atoms with Crippen LogP contribution in [-0.2, 0) is 7.05 Å². The van der Waals surface area contributed by atoms with Crippen LogP contribution < -0.4 is 5.32 Å². The molecule has 7 nitrogen and oxygen atoms in total. The normalized spacial score (nSPS) is 11.5. The van der Waals surface area contributed by atoms with Gasteiger partial charge in [0.2, 0.25) is 0 Å². The molecular formula is C16H17N7S. The number of aromatic nitrogens is 6. The highest BCUT2D eigenvalue weighted by Gasteiger charge is 2.13. The summed E-state index contributed by atoms with van der Waals surface area (Å²) in [5, 5.41) is 8.52. The van der Waals surface area contributed by atoms with Gasteiger partial charge in [-0.15, -0.1) is 0 Å². The van der Waals surface area contributed by atoms with E-state index in [0.717, 1.165) is 27.6 Å². The van der Waals surface area contributed by atoms with Crippen LogP contribution in [0, 0.1) is 0 Å². The molecule has 0 atom stereocenters. The lowest BCUT2D eigenvalue weighted by molar-refractivity contribution is 0.768. The average Bonchev–Trinajstić information content (AvgIpc) is 3.26. The highest BCUT2D eigenvalue weighted by atomic mass is 32.1. The number of anilines is 2. The number of nitrogens with one attached hydrogen (secondary N) is 1. The van der Waals surface area contributed by atoms with Crippen molar-refractivity contribution in [1.29, 1.82) is 0 Å². The first kappa shape index (κ1) is 14.8. The second kappa shape index (κ2) is 5.72. The summed E-state index contributed by atoms with van der Waals surface area (Å²) in [6, 6.07) is 2.06. The molecule has 4 aromatic heterocycles. The van der Waals surface area contributed by atoms with Gasteiger partial charge in [0, 0.05) is 31.2 Å². The van der Waals surface area contributed by atoms with Crippen molar-refractivity contribution in [2.75, 3.05) is 5.32 Å². The Morgan fingerprint density at radius 3 is 2.79 bits per heavy atom. The van der Waals surface area contributed by atoms with Crippen LogP contribution in [0.3, 0.4) is 0 Å². The molecule has 0 spiro atoms. The second-order valence-corrected chi connectivity index (χ2v) is 6.72. The van der Waals surface area contributed by atoms with Gasteiger partial charge in [-0.25, -0.2) is 9.97 Å². The van der Waals surface area contributed by atoms with Crippen molar-refractivity contribution >= 4 is 28.0 Å². The van der Waals surface area contributed by atoms with Crippen LogP contribution >= 0.6 is 11.5 Å². The van der Waals surface area contributed by atoms with E-state index in [1.807, 2.05) is 36.2 Å². The summed E-state index contributed by atoms with van der Waals surface area (Å²) in [5.41, 5.74) is 3.85. The number of nitrogens with zero attached hydrogens (tertiary/aromatic N) is 6. The van der Waals surface area contributed by atoms with Crippen molar-refractivity contribution in [1.82, 2.24) is 28.5 Å². The molecule has 0 amide bonds. The summed E-state index contributed by atoms with van der Waals surface area (Å²) < 4.78 is 8.25. The van der Waals surface area contributed by atoms with E-state index in [2.05, 4.69) is 44.7 Å². The van der Waals surface area contributed by atoms with Gasteiger partial charge >= 0.3 is 0 Å². The lowest BCUT2D eigenvalue weighted by atomic mass is 10.1. The van der Waals surface area contributed by atoms with Crippen molar-refractivity contribution in [3.05, 3.63) is 42.7 Å². The number of aryl methyl sites for hydroxylation is 1. The molecule has 0 radical (unpaired) electrons. The Morgan fingerprint density at radius 1 is 1.21 bits per heavy atom. The first-order valence-corrected chi connectivity index (χ1v) is 8.44. The highest BCUT2D eigenvalue weighted by molar-refractivity contribution is 7.10. The molecule has 0 unspecified atom stereocenters. The third kappa shape index (κ3) is 2.54. The third-order valence-electron chi connectivity index (χ3n) is 3.79. The Labute approximate surface area is 143 Å². The van der Waals surface area contributed by atoms with Crippen molar-refractivity contribution < 1.29 is 0 Å². The van der Waals surface area contributed by atoms with Crippen LogP contribution in [0.25, 0.3) is 16.9 Å². The van der Waals surface area contributed by atoms with Gasteiger partial charge in [-0.1, -0.05) is 13.8 Å². The van der Waals surface area contributed by atoms with E-state index in [-0.39, 0.29) is 0 Å². The largest absolute Gasteiger partial charge is 0.328 e. The molecule has 122 valence electrons. The first-order valence-electron chi connectivity index (χ1n) is 7.66. The summed E-state index contributed by atoms with van der Waals surface area (Å²) in [7, 11) is 1.90. The van der Waals surface area contributed by atoms with Gasteiger partial charge < -0.3 is 5.32 Å². The van der Waals surface area contributed by atoms with Gasteiger partial charge in [0.05, 0.1) is 23.8 Å². The van der Waals surface area contributed by atoms with Gasteiger partial charge in [0.25, 0.3) is 0 Å². The van der Waals surface area contributed by atoms with E-state index in [1.54, 1.807) is 10.9 Å². The zero-order valence-corrected chi connectivity index (χ0v) is 14.4. The molecular weight excluding hydrogens is 322 g/mol. The minimum Gasteiger partial charge on any atom is -0.328 e. The number of hydrogen-bond donors (Lipinski definition) is 1. The van der Waals surface area contributed by atoms with E-state index >= 15 is 0 Å². The molecule has 0 fully saturated rings. The molecule has 24 heavy (non-hydrogen) atoms. The summed E-state index contributed by atoms with van der Waals surface area (Å²) in [6.45, 7) is 4.26. The van der Waals surface area contributed by atoms with E-state index in [9.17, 15) is 0 Å². The van der Waals surface area contributed by atoms with Crippen LogP contribution in [0.5, 0.6) is 0 Å². The lowest BCUT2D eigenvalue weighted by Crippen LogP contribution is -1.97. The zero-order chi connectivity index (χ0) is 16.7. The fourth-order valence-electron chi connectivity index (χ4n) is 2.51. The number of rotatable bonds is 4. The zero-order valence-electron chi connectivity index (χ0n) is 13.6. The second-order valence-electron chi connectivity index (χ2n) is 5.91. The monoisotopic (exact) mass is 339 g/mol. The molecule has 0 aliphatic carbocycles. The van der Waals surface area contributed by atoms with Crippen molar-refractivity contribution in [2.24, 2.45) is 7.05 Å². The first-order chi connectivity index (χ1) is 11.6. The maximum Gasteiger partial charge on any atom is 0.180 e. The molecule has 0 saturated carbocycles. The van der Waals surface area contributed by atoms with Gasteiger partial charge in [-0.2, -0.15) is 9.47 Å². The Morgan fingerprint density at radius 2 is 2.08 bits per heavy atom. The molecule has 4 heterocycles. The maximum absolute atomic E-state index is 4.53. The van der Waals surface area contributed by atoms with Crippen molar-refractivity contribution in [3.8, 4) is 11.3 Å². The highest BCUT2D eigenvalue weighted by Crippen LogP contribution is 2.28. The number of imidazole rings is 1. The van der Waals surface area contributed by atoms with Gasteiger partial charge in [0.15, 0.2) is 11.5 Å². The van der Waals surface area contributed by atoms with E-state index in [4.69, 9.17) is 0 Å². The molecule has 4 aromatic rings. The fourth-order valence-corrected chi connectivity index (χ4v) is 3.29. The van der Waals surface area contributed by atoms with Gasteiger partial charge in [-0.05, 0) is 23.5 Å². The van der Waals surface area contributed by atoms with Crippen molar-refractivity contribution in [2.45, 2.75) is 19.8 Å². The third-order valence-corrected chi connectivity index (χ3v) is 4.51. The predicted molar refractivity (Wildman–Crippen MR) is 94.7 cm³/mol. The van der Waals surface area contributed by atoms with Crippen LogP contribution in [0.15, 0.2) is 37.1 Å². The molecule has 4 rings (SSSR count). The van der Waals surface area contributed by atoms with Crippen LogP contribution in [-0.4, -0.2) is 28.5 Å². The van der Waals surface area contributed by atoms with Gasteiger partial charge in [0.1, 0.15) is 5.00 Å². The minimum absolute atomic E-state index is 0.407. The van der Waals surface area contributed by atoms with Gasteiger partial charge in [-0.3, -0.25) is 9.08 Å². The molecule has 0 aromatic carbocycles. The predicted octanol–water partition coefficient (Wildman–Crippen LogP) is 3.45. The van der Waals surface area contributed by atoms with E-state index in [1.165, 1.54) is 11.5 Å². The number of fused-ring (bicyclic) bond motifs is 1. The Bertz CT molecular complexity index is 995. The average molecular weight is 339 g/mol. The SMILES string of the molecule is CC(C)c1cc(Nc2nccn3c(-c4cnn(C)c4)cnc23)sn1. The van der Waals surface area contributed by atoms with E-state index < -0.39 is 0 Å². The summed E-state index contributed by atoms with van der Waals surface area (Å²) in [6.07, 6.45) is 9.30. The Balaban J connectivity index is 1.72. The summed E-state index contributed by atoms with van der Waals surface area (Å²) in [4.78, 5) is 8.96. The molecule has 0 saturated heterocycles. The maximum atomic E-state index is 4.53. The smallest absolute Gasteiger partial charge is 0.180 e. The lowest BCUT2D eigenvalue weighted by Gasteiger charge is -2.05. The standard InChI is InChI=1S/C16H17N7S/c1-10(2)12-6-14(24-21-12)20-15-16-18-8-13(23(16)5-4-17-15)11-7-19-22(3)9-11/h4-10H,1-3H3,(H,17,20). The van der Waals surface area contributed by atoms with Crippen LogP contribution in [0.2, 0.25) is 0 Å². The topological polar surface area (TPSA) is 72.9 Å². The fraction of sp³-hybridized carbons (Fsp3) is 0.250. The molecule has 1 N–H and O–H groups in total. The molecule has 0 bridgehead atoms. The summed E-state index contributed by atoms with van der Waals surface area (Å²) >= 11 is 1.44.